The molecule has 164 valence electrons. The van der Waals surface area contributed by atoms with E-state index in [1.54, 1.807) is 6.26 Å². The second kappa shape index (κ2) is 10.4. The molecule has 4 aromatic rings. The molecule has 0 amide bonds. The monoisotopic (exact) mass is 428 g/mol. The Kier molecular flexibility index (Phi) is 6.97. The molecule has 0 saturated carbocycles. The van der Waals surface area contributed by atoms with Crippen LogP contribution in [0.25, 0.3) is 11.5 Å². The van der Waals surface area contributed by atoms with Gasteiger partial charge in [-0.25, -0.2) is 15.0 Å². The number of rotatable bonds is 8. The summed E-state index contributed by atoms with van der Waals surface area (Å²) in [5.41, 5.74) is 4.18. The fraction of sp³-hybridized carbons (Fsp3) is 0.240. The highest BCUT2D eigenvalue weighted by Crippen LogP contribution is 2.19. The van der Waals surface area contributed by atoms with E-state index in [4.69, 9.17) is 4.42 Å². The Bertz CT molecular complexity index is 1140. The lowest BCUT2D eigenvalue weighted by Gasteiger charge is -2.12. The van der Waals surface area contributed by atoms with E-state index >= 15 is 0 Å². The molecule has 7 heteroatoms. The maximum absolute atomic E-state index is 5.64. The van der Waals surface area contributed by atoms with E-state index in [0.29, 0.717) is 24.9 Å². The third-order valence-corrected chi connectivity index (χ3v) is 5.01. The summed E-state index contributed by atoms with van der Waals surface area (Å²) in [5.74, 6) is 2.26. The maximum atomic E-state index is 5.64. The van der Waals surface area contributed by atoms with Gasteiger partial charge in [0.15, 0.2) is 5.96 Å². The number of benzene rings is 2. The van der Waals surface area contributed by atoms with E-state index in [-0.39, 0.29) is 0 Å². The normalized spacial score (nSPS) is 11.5. The summed E-state index contributed by atoms with van der Waals surface area (Å²) < 4.78 is 7.78. The zero-order valence-corrected chi connectivity index (χ0v) is 18.5. The van der Waals surface area contributed by atoms with Crippen LogP contribution in [0.15, 0.2) is 82.7 Å². The number of nitrogens with zero attached hydrogens (tertiary/aromatic N) is 4. The second-order valence-electron chi connectivity index (χ2n) is 7.52. The van der Waals surface area contributed by atoms with Crippen molar-refractivity contribution in [2.45, 2.75) is 33.5 Å². The molecule has 0 saturated heterocycles. The summed E-state index contributed by atoms with van der Waals surface area (Å²) in [6, 6.07) is 18.5. The standard InChI is InChI=1S/C25H28N6O/c1-3-26-25(28-15-22-18-32-24(30-22)21-11-9-19(2)10-12-21)29-16-23-27-13-14-31(23)17-20-7-5-4-6-8-20/h4-14,18H,3,15-17H2,1-2H3,(H2,26,28,29). The molecule has 0 unspecified atom stereocenters. The van der Waals surface area contributed by atoms with Crippen molar-refractivity contribution in [3.05, 3.63) is 95.9 Å². The lowest BCUT2D eigenvalue weighted by molar-refractivity contribution is 0.572. The highest BCUT2D eigenvalue weighted by Gasteiger charge is 2.08. The van der Waals surface area contributed by atoms with Crippen molar-refractivity contribution in [1.29, 1.82) is 0 Å². The van der Waals surface area contributed by atoms with Gasteiger partial charge in [0.1, 0.15) is 17.8 Å². The number of hydrogen-bond donors (Lipinski definition) is 2. The van der Waals surface area contributed by atoms with E-state index in [9.17, 15) is 0 Å². The van der Waals surface area contributed by atoms with Gasteiger partial charge in [0.25, 0.3) is 0 Å². The summed E-state index contributed by atoms with van der Waals surface area (Å²) in [7, 11) is 0. The van der Waals surface area contributed by atoms with Crippen LogP contribution in [0.4, 0.5) is 0 Å². The number of oxazole rings is 1. The molecule has 0 bridgehead atoms. The van der Waals surface area contributed by atoms with Crippen molar-refractivity contribution in [2.24, 2.45) is 4.99 Å². The fourth-order valence-corrected chi connectivity index (χ4v) is 3.30. The van der Waals surface area contributed by atoms with Crippen LogP contribution in [0.5, 0.6) is 0 Å². The zero-order valence-electron chi connectivity index (χ0n) is 18.5. The molecule has 2 aromatic carbocycles. The first-order valence-corrected chi connectivity index (χ1v) is 10.8. The van der Waals surface area contributed by atoms with Crippen molar-refractivity contribution >= 4 is 5.96 Å². The van der Waals surface area contributed by atoms with E-state index < -0.39 is 0 Å². The molecular weight excluding hydrogens is 400 g/mol. The van der Waals surface area contributed by atoms with Gasteiger partial charge in [-0.3, -0.25) is 0 Å². The lowest BCUT2D eigenvalue weighted by Crippen LogP contribution is -2.37. The molecule has 32 heavy (non-hydrogen) atoms. The van der Waals surface area contributed by atoms with E-state index in [1.165, 1.54) is 11.1 Å². The Morgan fingerprint density at radius 2 is 1.88 bits per heavy atom. The fourth-order valence-electron chi connectivity index (χ4n) is 3.30. The predicted molar refractivity (Wildman–Crippen MR) is 126 cm³/mol. The largest absolute Gasteiger partial charge is 0.444 e. The smallest absolute Gasteiger partial charge is 0.226 e. The number of nitrogens with one attached hydrogen (secondary N) is 2. The van der Waals surface area contributed by atoms with Gasteiger partial charge in [0.05, 0.1) is 13.1 Å². The molecule has 2 aromatic heterocycles. The summed E-state index contributed by atoms with van der Waals surface area (Å²) in [5, 5.41) is 6.63. The summed E-state index contributed by atoms with van der Waals surface area (Å²) in [4.78, 5) is 13.7. The Labute approximate surface area is 188 Å². The first kappa shape index (κ1) is 21.4. The summed E-state index contributed by atoms with van der Waals surface area (Å²) >= 11 is 0. The van der Waals surface area contributed by atoms with Crippen molar-refractivity contribution in [3.63, 3.8) is 0 Å². The zero-order chi connectivity index (χ0) is 22.2. The molecule has 4 rings (SSSR count). The number of imidazole rings is 1. The van der Waals surface area contributed by atoms with Gasteiger partial charge >= 0.3 is 0 Å². The molecular formula is C25H28N6O. The predicted octanol–water partition coefficient (Wildman–Crippen LogP) is 4.15. The highest BCUT2D eigenvalue weighted by atomic mass is 16.3. The number of aliphatic imine (C=N–C) groups is 1. The van der Waals surface area contributed by atoms with Crippen LogP contribution in [0, 0.1) is 6.92 Å². The van der Waals surface area contributed by atoms with E-state index in [1.807, 2.05) is 61.8 Å². The molecule has 0 aliphatic rings. The van der Waals surface area contributed by atoms with Gasteiger partial charge in [-0.05, 0) is 31.5 Å². The van der Waals surface area contributed by atoms with Crippen LogP contribution < -0.4 is 10.6 Å². The topological polar surface area (TPSA) is 80.3 Å². The highest BCUT2D eigenvalue weighted by molar-refractivity contribution is 5.79. The quantitative estimate of drug-likeness (QED) is 0.326. The Morgan fingerprint density at radius 3 is 2.66 bits per heavy atom. The van der Waals surface area contributed by atoms with Gasteiger partial charge in [-0.15, -0.1) is 0 Å². The third-order valence-electron chi connectivity index (χ3n) is 5.01. The van der Waals surface area contributed by atoms with Crippen LogP contribution in [-0.2, 0) is 19.6 Å². The van der Waals surface area contributed by atoms with Crippen LogP contribution in [0.1, 0.15) is 29.6 Å². The average molecular weight is 429 g/mol. The maximum Gasteiger partial charge on any atom is 0.226 e. The minimum Gasteiger partial charge on any atom is -0.444 e. The van der Waals surface area contributed by atoms with Gasteiger partial charge in [-0.2, -0.15) is 0 Å². The van der Waals surface area contributed by atoms with Crippen LogP contribution >= 0.6 is 0 Å². The van der Waals surface area contributed by atoms with Crippen molar-refractivity contribution < 1.29 is 4.42 Å². The molecule has 7 nitrogen and oxygen atoms in total. The first-order valence-electron chi connectivity index (χ1n) is 10.8. The number of hydrogen-bond acceptors (Lipinski definition) is 4. The molecule has 2 N–H and O–H groups in total. The molecule has 0 atom stereocenters. The Morgan fingerprint density at radius 1 is 1.06 bits per heavy atom. The molecule has 0 spiro atoms. The number of aryl methyl sites for hydroxylation is 1. The SMILES string of the molecule is CCNC(=NCc1coc(-c2ccc(C)cc2)n1)NCc1nccn1Cc1ccccc1. The molecule has 0 radical (unpaired) electrons. The van der Waals surface area contributed by atoms with Gasteiger partial charge in [0, 0.05) is 31.0 Å². The molecule has 0 aliphatic heterocycles. The average Bonchev–Trinajstić information content (AvgIpc) is 3.46. The van der Waals surface area contributed by atoms with Crippen molar-refractivity contribution in [1.82, 2.24) is 25.2 Å². The van der Waals surface area contributed by atoms with Crippen molar-refractivity contribution in [2.75, 3.05) is 6.54 Å². The summed E-state index contributed by atoms with van der Waals surface area (Å²) in [6.45, 7) is 6.63. The molecule has 2 heterocycles. The minimum absolute atomic E-state index is 0.420. The van der Waals surface area contributed by atoms with E-state index in [0.717, 1.165) is 30.2 Å². The van der Waals surface area contributed by atoms with Crippen molar-refractivity contribution in [3.8, 4) is 11.5 Å². The number of guanidine groups is 1. The Hall–Kier alpha value is -3.87. The van der Waals surface area contributed by atoms with Gasteiger partial charge in [0.2, 0.25) is 5.89 Å². The van der Waals surface area contributed by atoms with E-state index in [2.05, 4.69) is 49.2 Å². The lowest BCUT2D eigenvalue weighted by atomic mass is 10.1. The van der Waals surface area contributed by atoms with Gasteiger partial charge in [-0.1, -0.05) is 48.0 Å². The first-order chi connectivity index (χ1) is 15.7. The second-order valence-corrected chi connectivity index (χ2v) is 7.52. The van der Waals surface area contributed by atoms with Crippen LogP contribution in [-0.4, -0.2) is 27.0 Å². The van der Waals surface area contributed by atoms with Gasteiger partial charge < -0.3 is 19.6 Å². The number of aromatic nitrogens is 3. The van der Waals surface area contributed by atoms with Crippen LogP contribution in [0.2, 0.25) is 0 Å². The molecule has 0 fully saturated rings. The minimum atomic E-state index is 0.420. The third kappa shape index (κ3) is 5.63. The Balaban J connectivity index is 1.38. The summed E-state index contributed by atoms with van der Waals surface area (Å²) in [6.07, 6.45) is 5.48. The van der Waals surface area contributed by atoms with Crippen LogP contribution in [0.3, 0.4) is 0 Å². The molecule has 0 aliphatic carbocycles.